The van der Waals surface area contributed by atoms with Crippen LogP contribution in [0.4, 0.5) is 0 Å². The van der Waals surface area contributed by atoms with Crippen molar-refractivity contribution in [2.75, 3.05) is 25.6 Å². The van der Waals surface area contributed by atoms with Gasteiger partial charge < -0.3 is 41.1 Å². The fourth-order valence-corrected chi connectivity index (χ4v) is 7.55. The molecule has 4 rings (SSSR count). The average Bonchev–Trinajstić information content (AvgIpc) is 2.88. The summed E-state index contributed by atoms with van der Waals surface area (Å²) in [6.07, 6.45) is -4.04. The number of carboxylic acids is 1. The van der Waals surface area contributed by atoms with Crippen LogP contribution in [0, 0.1) is 11.8 Å². The molecule has 0 bridgehead atoms. The summed E-state index contributed by atoms with van der Waals surface area (Å²) < 4.78 is 5.70. The quantitative estimate of drug-likeness (QED) is 0.0884. The average molecular weight is 607 g/mol. The third-order valence-electron chi connectivity index (χ3n) is 8.07. The Balaban J connectivity index is 2.09. The molecule has 0 saturated heterocycles. The zero-order chi connectivity index (χ0) is 31.3. The third kappa shape index (κ3) is 4.86. The van der Waals surface area contributed by atoms with E-state index in [9.17, 15) is 49.8 Å². The molecule has 13 nitrogen and oxygen atoms in total. The lowest BCUT2D eigenvalue weighted by Gasteiger charge is -2.55. The zero-order valence-corrected chi connectivity index (χ0v) is 24.0. The number of ether oxygens (including phenoxy) is 1. The number of fused-ring (bicyclic) bond motifs is 3. The summed E-state index contributed by atoms with van der Waals surface area (Å²) in [4.78, 5) is 53.4. The van der Waals surface area contributed by atoms with Crippen LogP contribution in [0.1, 0.15) is 41.6 Å². The van der Waals surface area contributed by atoms with Crippen LogP contribution >= 0.6 is 11.8 Å². The first kappa shape index (κ1) is 31.5. The van der Waals surface area contributed by atoms with Crippen LogP contribution in [0.2, 0.25) is 0 Å². The van der Waals surface area contributed by atoms with Gasteiger partial charge >= 0.3 is 11.9 Å². The van der Waals surface area contributed by atoms with E-state index in [-0.39, 0.29) is 11.3 Å². The van der Waals surface area contributed by atoms with Gasteiger partial charge in [0.2, 0.25) is 5.78 Å². The van der Waals surface area contributed by atoms with Crippen molar-refractivity contribution in [2.24, 2.45) is 17.6 Å². The van der Waals surface area contributed by atoms with Crippen molar-refractivity contribution in [3.63, 3.8) is 0 Å². The van der Waals surface area contributed by atoms with Gasteiger partial charge in [-0.2, -0.15) is 11.8 Å². The third-order valence-corrected chi connectivity index (χ3v) is 9.36. The number of nitrogens with zero attached hydrogens (tertiary/aromatic N) is 1. The molecule has 0 saturated carbocycles. The van der Waals surface area contributed by atoms with Crippen molar-refractivity contribution in [1.29, 1.82) is 0 Å². The number of phenolic OH excluding ortho intramolecular Hbond substituents is 1. The van der Waals surface area contributed by atoms with Crippen LogP contribution in [0.25, 0.3) is 0 Å². The fourth-order valence-electron chi connectivity index (χ4n) is 6.46. The van der Waals surface area contributed by atoms with E-state index < -0.39 is 100 Å². The number of aliphatic hydroxyl groups is 4. The van der Waals surface area contributed by atoms with Gasteiger partial charge in [0, 0.05) is 23.2 Å². The Labute approximate surface area is 245 Å². The number of aliphatic carboxylic acids is 1. The second-order valence-corrected chi connectivity index (χ2v) is 12.0. The van der Waals surface area contributed by atoms with Gasteiger partial charge in [0.1, 0.15) is 36.0 Å². The van der Waals surface area contributed by atoms with Crippen LogP contribution < -0.4 is 5.73 Å². The summed E-state index contributed by atoms with van der Waals surface area (Å²) >= 11 is 1.48. The number of likely N-dealkylation sites (N-methyl/N-ethyl adjacent to an activating group) is 1. The number of aromatic hydroxyl groups is 1. The van der Waals surface area contributed by atoms with Gasteiger partial charge in [-0.3, -0.25) is 24.1 Å². The van der Waals surface area contributed by atoms with E-state index in [1.807, 2.05) is 6.92 Å². The highest BCUT2D eigenvalue weighted by molar-refractivity contribution is 7.99. The number of ketones is 2. The van der Waals surface area contributed by atoms with Gasteiger partial charge in [0.15, 0.2) is 11.4 Å². The second-order valence-electron chi connectivity index (χ2n) is 10.8. The Bertz CT molecular complexity index is 1390. The number of thioether (sulfide) groups is 1. The fraction of sp³-hybridized carbons (Fsp3) is 0.500. The molecule has 3 aliphatic rings. The largest absolute Gasteiger partial charge is 0.510 e. The number of carbonyl (C=O) groups is 4. The number of hydrogen-bond donors (Lipinski definition) is 7. The molecule has 1 aromatic carbocycles. The minimum absolute atomic E-state index is 0.167. The van der Waals surface area contributed by atoms with E-state index in [1.54, 1.807) is 6.07 Å². The number of carbonyl (C=O) groups excluding carboxylic acids is 3. The number of esters is 1. The summed E-state index contributed by atoms with van der Waals surface area (Å²) in [7, 11) is 2.91. The maximum absolute atomic E-state index is 14.0. The first-order valence-corrected chi connectivity index (χ1v) is 14.4. The molecule has 0 amide bonds. The molecule has 14 heteroatoms. The SMILES string of the molecule is CCCSC[C@H]1c2cccc(O)c2C(=O)C2=C(O)[C@]3(O)C(=O)C(C(N)O)=C(O)[C@@H](N(C)C)[C@@H]3[C@@H](OC(=O)CC(=O)O)[C@@H]21. The van der Waals surface area contributed by atoms with Crippen molar-refractivity contribution >= 4 is 35.3 Å². The van der Waals surface area contributed by atoms with E-state index in [0.717, 1.165) is 6.42 Å². The molecule has 1 aromatic rings. The maximum atomic E-state index is 14.0. The lowest BCUT2D eigenvalue weighted by Crippen LogP contribution is -2.69. The number of benzene rings is 1. The molecule has 0 heterocycles. The molecule has 0 fully saturated rings. The Kier molecular flexibility index (Phi) is 8.77. The highest BCUT2D eigenvalue weighted by Crippen LogP contribution is 2.57. The van der Waals surface area contributed by atoms with Gasteiger partial charge in [-0.15, -0.1) is 0 Å². The summed E-state index contributed by atoms with van der Waals surface area (Å²) in [5.41, 5.74) is 1.41. The van der Waals surface area contributed by atoms with E-state index in [4.69, 9.17) is 10.5 Å². The van der Waals surface area contributed by atoms with Crippen LogP contribution in [0.3, 0.4) is 0 Å². The monoisotopic (exact) mass is 606 g/mol. The van der Waals surface area contributed by atoms with Crippen molar-refractivity contribution in [1.82, 2.24) is 4.90 Å². The molecule has 1 unspecified atom stereocenters. The molecule has 8 N–H and O–H groups in total. The number of hydrogen-bond acceptors (Lipinski definition) is 13. The topological polar surface area (TPSA) is 228 Å². The smallest absolute Gasteiger partial charge is 0.317 e. The van der Waals surface area contributed by atoms with E-state index in [0.29, 0.717) is 11.3 Å². The van der Waals surface area contributed by atoms with Gasteiger partial charge in [0.05, 0.1) is 23.1 Å². The van der Waals surface area contributed by atoms with Crippen molar-refractivity contribution in [3.8, 4) is 5.75 Å². The molecule has 7 atom stereocenters. The van der Waals surface area contributed by atoms with Crippen LogP contribution in [-0.2, 0) is 19.1 Å². The summed E-state index contributed by atoms with van der Waals surface area (Å²) in [5, 5.41) is 65.1. The van der Waals surface area contributed by atoms with Crippen LogP contribution in [0.15, 0.2) is 40.9 Å². The molecule has 0 radical (unpaired) electrons. The Morgan fingerprint density at radius 3 is 2.43 bits per heavy atom. The minimum atomic E-state index is -3.05. The standard InChI is InChI=1S/C28H34N2O11S/c1-4-8-42-10-12-11-6-5-7-13(31)16(11)22(35)18-17(12)24(41-15(34)9-14(32)33)20-21(30(2)3)23(36)19(27(29)39)26(38)28(20,40)25(18)37/h5-7,12,17,20-21,24,27,31,36-37,39-40H,4,8-10,29H2,1-3H3,(H,32,33)/t12-,17+,20+,21-,24-,27?,28-/m0/s1. The Morgan fingerprint density at radius 2 is 1.86 bits per heavy atom. The van der Waals surface area contributed by atoms with Crippen molar-refractivity contribution < 1.29 is 54.6 Å². The molecule has 3 aliphatic carbocycles. The molecule has 0 aliphatic heterocycles. The van der Waals surface area contributed by atoms with Gasteiger partial charge in [-0.25, -0.2) is 0 Å². The zero-order valence-electron chi connectivity index (χ0n) is 23.2. The van der Waals surface area contributed by atoms with Crippen LogP contribution in [-0.4, -0.2) is 109 Å². The number of Topliss-reactive ketones (excluding diaryl/α,β-unsaturated/α-hetero) is 2. The number of aliphatic hydroxyl groups excluding tert-OH is 3. The normalized spacial score (nSPS) is 29.6. The number of rotatable bonds is 9. The molecular weight excluding hydrogens is 572 g/mol. The lowest BCUT2D eigenvalue weighted by molar-refractivity contribution is -0.182. The first-order chi connectivity index (χ1) is 19.7. The molecule has 0 spiro atoms. The van der Waals surface area contributed by atoms with Crippen molar-refractivity contribution in [3.05, 3.63) is 52.0 Å². The Morgan fingerprint density at radius 1 is 1.19 bits per heavy atom. The molecule has 228 valence electrons. The number of nitrogens with two attached hydrogens (primary N) is 1. The number of carboxylic acid groups (broad SMARTS) is 1. The summed E-state index contributed by atoms with van der Waals surface area (Å²) in [6.45, 7) is 1.96. The van der Waals surface area contributed by atoms with E-state index in [1.165, 1.54) is 42.9 Å². The highest BCUT2D eigenvalue weighted by atomic mass is 32.2. The summed E-state index contributed by atoms with van der Waals surface area (Å²) in [5.74, 6) is -10.0. The second kappa shape index (κ2) is 11.7. The van der Waals surface area contributed by atoms with E-state index in [2.05, 4.69) is 0 Å². The van der Waals surface area contributed by atoms with Gasteiger partial charge in [0.25, 0.3) is 0 Å². The highest BCUT2D eigenvalue weighted by Gasteiger charge is 2.68. The molecular formula is C28H34N2O11S. The molecule has 0 aromatic heterocycles. The predicted octanol–water partition coefficient (Wildman–Crippen LogP) is 0.593. The lowest BCUT2D eigenvalue weighted by atomic mass is 9.55. The number of phenols is 1. The van der Waals surface area contributed by atoms with Gasteiger partial charge in [-0.05, 0) is 37.9 Å². The Hall–Kier alpha value is -3.43. The van der Waals surface area contributed by atoms with E-state index >= 15 is 0 Å². The minimum Gasteiger partial charge on any atom is -0.510 e. The summed E-state index contributed by atoms with van der Waals surface area (Å²) in [6, 6.07) is 2.99. The van der Waals surface area contributed by atoms with Crippen LogP contribution in [0.5, 0.6) is 5.75 Å². The predicted molar refractivity (Wildman–Crippen MR) is 149 cm³/mol. The first-order valence-electron chi connectivity index (χ1n) is 13.3. The maximum Gasteiger partial charge on any atom is 0.317 e. The van der Waals surface area contributed by atoms with Gasteiger partial charge in [-0.1, -0.05) is 19.1 Å². The van der Waals surface area contributed by atoms with Crippen molar-refractivity contribution in [2.45, 2.75) is 49.7 Å². The molecule has 42 heavy (non-hydrogen) atoms.